The molecule has 0 radical (unpaired) electrons. The number of hydrogen-bond acceptors (Lipinski definition) is 8. The van der Waals surface area contributed by atoms with Gasteiger partial charge in [-0.05, 0) is 57.5 Å². The Bertz CT molecular complexity index is 1450. The zero-order valence-corrected chi connectivity index (χ0v) is 25.4. The number of hydrogen-bond donors (Lipinski definition) is 2. The second-order valence-corrected chi connectivity index (χ2v) is 13.5. The molecule has 2 amide bonds. The summed E-state index contributed by atoms with van der Waals surface area (Å²) in [5, 5.41) is 2.90. The lowest BCUT2D eigenvalue weighted by molar-refractivity contribution is -0.275. The normalized spacial score (nSPS) is 16.3. The van der Waals surface area contributed by atoms with Crippen molar-refractivity contribution in [1.82, 2.24) is 10.2 Å². The monoisotopic (exact) mass is 634 g/mol. The summed E-state index contributed by atoms with van der Waals surface area (Å²) < 4.78 is 75.0. The number of nitrogens with one attached hydrogen (secondary N) is 1. The van der Waals surface area contributed by atoms with E-state index in [1.54, 1.807) is 20.8 Å². The molecule has 1 atom stereocenters. The Morgan fingerprint density at radius 2 is 1.86 bits per heavy atom. The number of likely N-dealkylation sites (tertiary alicyclic amines) is 1. The van der Waals surface area contributed by atoms with Gasteiger partial charge < -0.3 is 25.4 Å². The summed E-state index contributed by atoms with van der Waals surface area (Å²) in [6.45, 7) is 7.40. The second kappa shape index (κ2) is 12.6. The van der Waals surface area contributed by atoms with Crippen molar-refractivity contribution in [2.45, 2.75) is 63.6 Å². The number of nitrogens with two attached hydrogens (primary N) is 1. The van der Waals surface area contributed by atoms with Gasteiger partial charge in [0.15, 0.2) is 9.84 Å². The summed E-state index contributed by atoms with van der Waals surface area (Å²) in [6, 6.07) is 5.71. The Hall–Kier alpha value is -3.23. The summed E-state index contributed by atoms with van der Waals surface area (Å²) in [5.41, 5.74) is 5.02. The number of carbonyl (C=O) groups is 2. The van der Waals surface area contributed by atoms with Crippen LogP contribution in [0.3, 0.4) is 0 Å². The maximum absolute atomic E-state index is 13.5. The molecule has 1 saturated heterocycles. The fraction of sp³-hybridized carbons (Fsp3) is 0.481. The minimum Gasteiger partial charge on any atom is -0.444 e. The quantitative estimate of drug-likeness (QED) is 0.389. The molecule has 2 aromatic rings. The zero-order chi connectivity index (χ0) is 31.6. The number of alkyl halides is 3. The molecule has 2 aromatic carbocycles. The molecule has 1 heterocycles. The molecular weight excluding hydrogens is 601 g/mol. The molecule has 1 aliphatic heterocycles. The molecule has 10 nitrogen and oxygen atoms in total. The van der Waals surface area contributed by atoms with Crippen LogP contribution in [0.5, 0.6) is 5.75 Å². The van der Waals surface area contributed by atoms with Crippen LogP contribution in [0.1, 0.15) is 50.0 Å². The van der Waals surface area contributed by atoms with Gasteiger partial charge in [0.25, 0.3) is 5.91 Å². The lowest BCUT2D eigenvalue weighted by Crippen LogP contribution is -2.40. The molecule has 1 fully saturated rings. The van der Waals surface area contributed by atoms with Crippen molar-refractivity contribution >= 4 is 44.8 Å². The first kappa shape index (κ1) is 33.3. The molecule has 0 bridgehead atoms. The molecule has 3 N–H and O–H groups in total. The van der Waals surface area contributed by atoms with E-state index in [1.165, 1.54) is 38.2 Å². The van der Waals surface area contributed by atoms with Gasteiger partial charge in [-0.3, -0.25) is 9.69 Å². The molecule has 232 valence electrons. The highest BCUT2D eigenvalue weighted by Crippen LogP contribution is 2.35. The van der Waals surface area contributed by atoms with Gasteiger partial charge in [-0.2, -0.15) is 0 Å². The number of amides is 2. The average Bonchev–Trinajstić information content (AvgIpc) is 3.28. The van der Waals surface area contributed by atoms with Crippen molar-refractivity contribution in [3.63, 3.8) is 0 Å². The number of alkyl carbamates (subject to hydrolysis) is 1. The first-order chi connectivity index (χ1) is 19.3. The van der Waals surface area contributed by atoms with E-state index in [9.17, 15) is 31.2 Å². The smallest absolute Gasteiger partial charge is 0.444 e. The molecule has 1 aliphatic rings. The fourth-order valence-corrected chi connectivity index (χ4v) is 5.71. The highest BCUT2D eigenvalue weighted by molar-refractivity contribution is 7.91. The second-order valence-electron chi connectivity index (χ2n) is 10.8. The molecule has 0 saturated carbocycles. The molecule has 0 aliphatic carbocycles. The standard InChI is InChI=1S/C27H34ClF3N4O6S/c1-6-42(38,39)23-8-7-17(28)12-21(23)34(5)24(36)19-13-22(40-27(29,30)31)16(11-20(19)32)14-35-10-9-18(15-35)33-25(37)41-26(2,3)4/h7-8,11-13,18H,6,9-10,14-15,32H2,1-5H3,(H,33,37)/t18-/m1/s1. The van der Waals surface area contributed by atoms with E-state index in [4.69, 9.17) is 22.1 Å². The number of nitrogens with zero attached hydrogens (tertiary/aromatic N) is 2. The number of benzene rings is 2. The van der Waals surface area contributed by atoms with Crippen LogP contribution < -0.4 is 20.7 Å². The van der Waals surface area contributed by atoms with Crippen molar-refractivity contribution in [2.24, 2.45) is 0 Å². The molecular formula is C27H34ClF3N4O6S. The molecule has 15 heteroatoms. The van der Waals surface area contributed by atoms with Crippen LogP contribution in [0.2, 0.25) is 5.02 Å². The molecule has 42 heavy (non-hydrogen) atoms. The van der Waals surface area contributed by atoms with Gasteiger partial charge in [-0.15, -0.1) is 13.2 Å². The van der Waals surface area contributed by atoms with Gasteiger partial charge >= 0.3 is 12.5 Å². The largest absolute Gasteiger partial charge is 0.573 e. The van der Waals surface area contributed by atoms with Crippen LogP contribution in [-0.2, 0) is 21.1 Å². The SMILES string of the molecule is CCS(=O)(=O)c1ccc(Cl)cc1N(C)C(=O)c1cc(OC(F)(F)F)c(CN2CC[C@@H](NC(=O)OC(C)(C)C)C2)cc1N. The third kappa shape index (κ3) is 8.65. The number of anilines is 2. The third-order valence-electron chi connectivity index (χ3n) is 6.38. The van der Waals surface area contributed by atoms with E-state index >= 15 is 0 Å². The van der Waals surface area contributed by atoms with Gasteiger partial charge in [0.2, 0.25) is 0 Å². The molecule has 0 aromatic heterocycles. The van der Waals surface area contributed by atoms with Crippen LogP contribution in [0, 0.1) is 0 Å². The van der Waals surface area contributed by atoms with Gasteiger partial charge in [-0.1, -0.05) is 18.5 Å². The lowest BCUT2D eigenvalue weighted by atomic mass is 10.1. The summed E-state index contributed by atoms with van der Waals surface area (Å²) >= 11 is 6.06. The molecule has 0 spiro atoms. The van der Waals surface area contributed by atoms with Crippen molar-refractivity contribution in [3.05, 3.63) is 46.5 Å². The summed E-state index contributed by atoms with van der Waals surface area (Å²) in [5.74, 6) is -1.76. The summed E-state index contributed by atoms with van der Waals surface area (Å²) in [6.07, 6.45) is -5.13. The maximum Gasteiger partial charge on any atom is 0.573 e. The Morgan fingerprint density at radius 3 is 2.45 bits per heavy atom. The van der Waals surface area contributed by atoms with Gasteiger partial charge in [0, 0.05) is 49.0 Å². The lowest BCUT2D eigenvalue weighted by Gasteiger charge is -2.24. The predicted octanol–water partition coefficient (Wildman–Crippen LogP) is 4.99. The number of sulfone groups is 1. The van der Waals surface area contributed by atoms with Crippen molar-refractivity contribution in [3.8, 4) is 5.75 Å². The van der Waals surface area contributed by atoms with E-state index in [-0.39, 0.29) is 50.8 Å². The Kier molecular flexibility index (Phi) is 9.95. The number of carbonyl (C=O) groups excluding carboxylic acids is 2. The topological polar surface area (TPSA) is 131 Å². The van der Waals surface area contributed by atoms with E-state index in [0.29, 0.717) is 19.5 Å². The molecule has 3 rings (SSSR count). The van der Waals surface area contributed by atoms with E-state index in [0.717, 1.165) is 11.0 Å². The zero-order valence-electron chi connectivity index (χ0n) is 23.8. The van der Waals surface area contributed by atoms with Crippen LogP contribution in [-0.4, -0.2) is 69.2 Å². The first-order valence-electron chi connectivity index (χ1n) is 13.0. The average molecular weight is 635 g/mol. The third-order valence-corrected chi connectivity index (χ3v) is 8.39. The minimum absolute atomic E-state index is 0.0143. The predicted molar refractivity (Wildman–Crippen MR) is 153 cm³/mol. The number of halogens is 4. The van der Waals surface area contributed by atoms with Crippen LogP contribution in [0.15, 0.2) is 35.2 Å². The van der Waals surface area contributed by atoms with Crippen LogP contribution >= 0.6 is 11.6 Å². The number of ether oxygens (including phenoxy) is 2. The van der Waals surface area contributed by atoms with E-state index in [2.05, 4.69) is 10.1 Å². The maximum atomic E-state index is 13.5. The van der Waals surface area contributed by atoms with E-state index < -0.39 is 39.6 Å². The van der Waals surface area contributed by atoms with Crippen LogP contribution in [0.4, 0.5) is 29.3 Å². The number of nitrogen functional groups attached to an aromatic ring is 1. The molecule has 0 unspecified atom stereocenters. The van der Waals surface area contributed by atoms with Crippen molar-refractivity contribution < 1.29 is 40.7 Å². The first-order valence-corrected chi connectivity index (χ1v) is 15.0. The Balaban J connectivity index is 1.90. The Labute approximate surface area is 247 Å². The fourth-order valence-electron chi connectivity index (χ4n) is 4.44. The number of rotatable bonds is 8. The van der Waals surface area contributed by atoms with Gasteiger partial charge in [-0.25, -0.2) is 13.2 Å². The van der Waals surface area contributed by atoms with Gasteiger partial charge in [0.1, 0.15) is 11.4 Å². The highest BCUT2D eigenvalue weighted by Gasteiger charge is 2.34. The van der Waals surface area contributed by atoms with Gasteiger partial charge in [0.05, 0.1) is 21.9 Å². The Morgan fingerprint density at radius 1 is 1.19 bits per heavy atom. The summed E-state index contributed by atoms with van der Waals surface area (Å²) in [4.78, 5) is 28.2. The van der Waals surface area contributed by atoms with Crippen LogP contribution in [0.25, 0.3) is 0 Å². The van der Waals surface area contributed by atoms with Crippen molar-refractivity contribution in [2.75, 3.05) is 36.5 Å². The van der Waals surface area contributed by atoms with E-state index in [1.807, 2.05) is 4.90 Å². The highest BCUT2D eigenvalue weighted by atomic mass is 35.5. The summed E-state index contributed by atoms with van der Waals surface area (Å²) in [7, 11) is -2.52. The van der Waals surface area contributed by atoms with Crippen molar-refractivity contribution in [1.29, 1.82) is 0 Å². The minimum atomic E-state index is -5.07.